The van der Waals surface area contributed by atoms with Crippen LogP contribution in [0.15, 0.2) is 0 Å². The Balaban J connectivity index is 2.37. The fourth-order valence-electron chi connectivity index (χ4n) is 2.67. The number of methoxy groups -OCH3 is 1. The van der Waals surface area contributed by atoms with Gasteiger partial charge in [0.2, 0.25) is 0 Å². The topological polar surface area (TPSA) is 24.5 Å². The summed E-state index contributed by atoms with van der Waals surface area (Å²) in [7, 11) is 1.78. The van der Waals surface area contributed by atoms with Crippen LogP contribution in [0.1, 0.15) is 40.0 Å². The second-order valence-corrected chi connectivity index (χ2v) is 5.52. The minimum absolute atomic E-state index is 0.504. The smallest absolute Gasteiger partial charge is 0.0615 e. The fourth-order valence-corrected chi connectivity index (χ4v) is 2.67. The van der Waals surface area contributed by atoms with Gasteiger partial charge in [-0.15, -0.1) is 0 Å². The van der Waals surface area contributed by atoms with Gasteiger partial charge in [0.1, 0.15) is 0 Å². The molecule has 0 amide bonds. The highest BCUT2D eigenvalue weighted by Gasteiger charge is 2.24. The zero-order valence-electron chi connectivity index (χ0n) is 12.0. The molecule has 1 N–H and O–H groups in total. The predicted molar refractivity (Wildman–Crippen MR) is 73.4 cm³/mol. The monoisotopic (exact) mass is 242 g/mol. The second kappa shape index (κ2) is 8.06. The molecule has 3 nitrogen and oxygen atoms in total. The van der Waals surface area contributed by atoms with Gasteiger partial charge in [-0.1, -0.05) is 20.8 Å². The summed E-state index contributed by atoms with van der Waals surface area (Å²) in [4.78, 5) is 2.65. The summed E-state index contributed by atoms with van der Waals surface area (Å²) in [6.07, 6.45) is 3.88. The summed E-state index contributed by atoms with van der Waals surface area (Å²) in [5.41, 5.74) is 0. The first-order valence-electron chi connectivity index (χ1n) is 7.15. The average Bonchev–Trinajstić information content (AvgIpc) is 2.81. The SMILES string of the molecule is CCC(COC)NCC(C(C)C)N1CCCC1. The summed E-state index contributed by atoms with van der Waals surface area (Å²) < 4.78 is 5.24. The Morgan fingerprint density at radius 3 is 2.35 bits per heavy atom. The number of likely N-dealkylation sites (tertiary alicyclic amines) is 1. The molecule has 0 bridgehead atoms. The van der Waals surface area contributed by atoms with Crippen molar-refractivity contribution in [3.63, 3.8) is 0 Å². The molecule has 0 aromatic rings. The summed E-state index contributed by atoms with van der Waals surface area (Å²) in [5.74, 6) is 0.723. The molecule has 17 heavy (non-hydrogen) atoms. The Hall–Kier alpha value is -0.120. The van der Waals surface area contributed by atoms with Crippen molar-refractivity contribution in [2.75, 3.05) is 33.4 Å². The zero-order chi connectivity index (χ0) is 12.7. The van der Waals surface area contributed by atoms with Crippen LogP contribution in [0.5, 0.6) is 0 Å². The highest BCUT2D eigenvalue weighted by atomic mass is 16.5. The maximum atomic E-state index is 5.24. The molecular formula is C14H30N2O. The summed E-state index contributed by atoms with van der Waals surface area (Å²) in [6.45, 7) is 11.4. The van der Waals surface area contributed by atoms with Crippen molar-refractivity contribution in [3.8, 4) is 0 Å². The molecule has 0 aromatic carbocycles. The van der Waals surface area contributed by atoms with Gasteiger partial charge in [-0.05, 0) is 38.3 Å². The molecule has 0 aliphatic carbocycles. The third kappa shape index (κ3) is 4.94. The Morgan fingerprint density at radius 1 is 1.24 bits per heavy atom. The zero-order valence-corrected chi connectivity index (χ0v) is 12.0. The Labute approximate surface area is 107 Å². The van der Waals surface area contributed by atoms with Crippen molar-refractivity contribution >= 4 is 0 Å². The van der Waals surface area contributed by atoms with Crippen molar-refractivity contribution in [2.24, 2.45) is 5.92 Å². The van der Waals surface area contributed by atoms with Gasteiger partial charge in [0.15, 0.2) is 0 Å². The van der Waals surface area contributed by atoms with Crippen LogP contribution in [0.3, 0.4) is 0 Å². The number of hydrogen-bond acceptors (Lipinski definition) is 3. The molecule has 3 heteroatoms. The summed E-state index contributed by atoms with van der Waals surface area (Å²) in [5, 5.41) is 3.66. The van der Waals surface area contributed by atoms with Crippen LogP contribution in [-0.2, 0) is 4.74 Å². The van der Waals surface area contributed by atoms with Crippen molar-refractivity contribution in [3.05, 3.63) is 0 Å². The van der Waals surface area contributed by atoms with Gasteiger partial charge < -0.3 is 10.1 Å². The highest BCUT2D eigenvalue weighted by Crippen LogP contribution is 2.17. The molecule has 1 aliphatic rings. The minimum Gasteiger partial charge on any atom is -0.383 e. The van der Waals surface area contributed by atoms with E-state index in [1.807, 2.05) is 0 Å². The molecule has 0 saturated carbocycles. The lowest BCUT2D eigenvalue weighted by Crippen LogP contribution is -2.47. The maximum Gasteiger partial charge on any atom is 0.0615 e. The van der Waals surface area contributed by atoms with E-state index in [1.165, 1.54) is 25.9 Å². The number of hydrogen-bond donors (Lipinski definition) is 1. The van der Waals surface area contributed by atoms with E-state index in [9.17, 15) is 0 Å². The lowest BCUT2D eigenvalue weighted by Gasteiger charge is -2.32. The standard InChI is InChI=1S/C14H30N2O/c1-5-13(11-17-4)15-10-14(12(2)3)16-8-6-7-9-16/h12-15H,5-11H2,1-4H3. The first-order chi connectivity index (χ1) is 8.19. The molecule has 0 radical (unpaired) electrons. The molecule has 1 saturated heterocycles. The van der Waals surface area contributed by atoms with E-state index in [4.69, 9.17) is 4.74 Å². The van der Waals surface area contributed by atoms with Gasteiger partial charge in [-0.2, -0.15) is 0 Å². The van der Waals surface area contributed by atoms with E-state index < -0.39 is 0 Å². The number of rotatable bonds is 8. The van der Waals surface area contributed by atoms with Gasteiger partial charge in [0, 0.05) is 25.7 Å². The molecule has 102 valence electrons. The molecule has 0 aromatic heterocycles. The van der Waals surface area contributed by atoms with Crippen LogP contribution in [-0.4, -0.2) is 50.3 Å². The predicted octanol–water partition coefficient (Wildman–Crippen LogP) is 2.12. The molecule has 1 fully saturated rings. The molecule has 0 spiro atoms. The summed E-state index contributed by atoms with van der Waals surface area (Å²) >= 11 is 0. The quantitative estimate of drug-likeness (QED) is 0.705. The average molecular weight is 242 g/mol. The van der Waals surface area contributed by atoms with E-state index in [0.29, 0.717) is 12.1 Å². The van der Waals surface area contributed by atoms with Crippen LogP contribution in [0.4, 0.5) is 0 Å². The van der Waals surface area contributed by atoms with E-state index in [2.05, 4.69) is 31.0 Å². The van der Waals surface area contributed by atoms with Gasteiger partial charge >= 0.3 is 0 Å². The minimum atomic E-state index is 0.504. The third-order valence-electron chi connectivity index (χ3n) is 3.86. The van der Waals surface area contributed by atoms with Crippen LogP contribution in [0.2, 0.25) is 0 Å². The summed E-state index contributed by atoms with van der Waals surface area (Å²) in [6, 6.07) is 1.19. The van der Waals surface area contributed by atoms with Crippen LogP contribution < -0.4 is 5.32 Å². The molecule has 2 atom stereocenters. The molecule has 1 aliphatic heterocycles. The Morgan fingerprint density at radius 2 is 1.88 bits per heavy atom. The molecular weight excluding hydrogens is 212 g/mol. The number of nitrogens with one attached hydrogen (secondary N) is 1. The highest BCUT2D eigenvalue weighted by molar-refractivity contribution is 4.82. The van der Waals surface area contributed by atoms with Crippen molar-refractivity contribution < 1.29 is 4.74 Å². The number of nitrogens with zero attached hydrogens (tertiary/aromatic N) is 1. The van der Waals surface area contributed by atoms with Crippen LogP contribution in [0, 0.1) is 5.92 Å². The first-order valence-corrected chi connectivity index (χ1v) is 7.15. The van der Waals surface area contributed by atoms with E-state index in [1.54, 1.807) is 7.11 Å². The lowest BCUT2D eigenvalue weighted by molar-refractivity contribution is 0.144. The van der Waals surface area contributed by atoms with Gasteiger partial charge in [-0.25, -0.2) is 0 Å². The second-order valence-electron chi connectivity index (χ2n) is 5.52. The van der Waals surface area contributed by atoms with Gasteiger partial charge in [0.05, 0.1) is 6.61 Å². The molecule has 1 rings (SSSR count). The van der Waals surface area contributed by atoms with Crippen molar-refractivity contribution in [2.45, 2.75) is 52.1 Å². The van der Waals surface area contributed by atoms with E-state index in [0.717, 1.165) is 25.5 Å². The number of ether oxygens (including phenoxy) is 1. The lowest BCUT2D eigenvalue weighted by atomic mass is 10.0. The van der Waals surface area contributed by atoms with Crippen molar-refractivity contribution in [1.29, 1.82) is 0 Å². The van der Waals surface area contributed by atoms with Crippen LogP contribution in [0.25, 0.3) is 0 Å². The maximum absolute atomic E-state index is 5.24. The van der Waals surface area contributed by atoms with E-state index in [-0.39, 0.29) is 0 Å². The van der Waals surface area contributed by atoms with Crippen molar-refractivity contribution in [1.82, 2.24) is 10.2 Å². The fraction of sp³-hybridized carbons (Fsp3) is 1.00. The first kappa shape index (κ1) is 14.9. The Bertz CT molecular complexity index is 191. The van der Waals surface area contributed by atoms with Crippen LogP contribution >= 0.6 is 0 Å². The van der Waals surface area contributed by atoms with Gasteiger partial charge in [0.25, 0.3) is 0 Å². The van der Waals surface area contributed by atoms with E-state index >= 15 is 0 Å². The Kier molecular flexibility index (Phi) is 7.09. The largest absolute Gasteiger partial charge is 0.383 e. The normalized spacial score (nSPS) is 21.0. The van der Waals surface area contributed by atoms with Gasteiger partial charge in [-0.3, -0.25) is 4.90 Å². The molecule has 2 unspecified atom stereocenters. The molecule has 1 heterocycles. The third-order valence-corrected chi connectivity index (χ3v) is 3.86.